The Morgan fingerprint density at radius 1 is 0.958 bits per heavy atom. The second-order valence-corrected chi connectivity index (χ2v) is 6.73. The molecule has 4 heteroatoms. The minimum atomic E-state index is -0.00965. The lowest BCUT2D eigenvalue weighted by Gasteiger charge is -2.12. The molecule has 0 saturated carbocycles. The third-order valence-corrected chi connectivity index (χ3v) is 5.20. The van der Waals surface area contributed by atoms with Crippen LogP contribution >= 0.6 is 11.3 Å². The molecule has 3 nitrogen and oxygen atoms in total. The first-order chi connectivity index (χ1) is 11.7. The lowest BCUT2D eigenvalue weighted by atomic mass is 10.1. The summed E-state index contributed by atoms with van der Waals surface area (Å²) in [6, 6.07) is 16.1. The predicted octanol–water partition coefficient (Wildman–Crippen LogP) is 4.73. The van der Waals surface area contributed by atoms with Crippen LogP contribution in [0.3, 0.4) is 0 Å². The van der Waals surface area contributed by atoms with Gasteiger partial charge in [0.05, 0.1) is 11.2 Å². The van der Waals surface area contributed by atoms with Crippen molar-refractivity contribution in [1.29, 1.82) is 0 Å². The molecule has 0 unspecified atom stereocenters. The molecule has 0 aliphatic carbocycles. The highest BCUT2D eigenvalue weighted by atomic mass is 32.1. The molecule has 0 N–H and O–H groups in total. The van der Waals surface area contributed by atoms with Gasteiger partial charge in [0.2, 0.25) is 0 Å². The standard InChI is InChI=1S/C20H16N2OS/c1-13-7-6-8-14(2)18(13)22-12-21-17-16(11-24-19(17)20(22)23)15-9-4-3-5-10-15/h3-12H,1-2H3. The van der Waals surface area contributed by atoms with Gasteiger partial charge in [-0.1, -0.05) is 48.5 Å². The highest BCUT2D eigenvalue weighted by molar-refractivity contribution is 7.17. The summed E-state index contributed by atoms with van der Waals surface area (Å²) in [6.45, 7) is 4.03. The van der Waals surface area contributed by atoms with Crippen molar-refractivity contribution in [3.05, 3.63) is 81.7 Å². The first-order valence-corrected chi connectivity index (χ1v) is 8.65. The van der Waals surface area contributed by atoms with E-state index in [4.69, 9.17) is 0 Å². The summed E-state index contributed by atoms with van der Waals surface area (Å²) in [5.74, 6) is 0. The van der Waals surface area contributed by atoms with Gasteiger partial charge in [-0.25, -0.2) is 4.98 Å². The van der Waals surface area contributed by atoms with Gasteiger partial charge >= 0.3 is 0 Å². The van der Waals surface area contributed by atoms with Crippen LogP contribution in [-0.4, -0.2) is 9.55 Å². The summed E-state index contributed by atoms with van der Waals surface area (Å²) in [6.07, 6.45) is 1.65. The number of fused-ring (bicyclic) bond motifs is 1. The first kappa shape index (κ1) is 14.8. The highest BCUT2D eigenvalue weighted by Crippen LogP contribution is 2.31. The van der Waals surface area contributed by atoms with Crippen LogP contribution in [0.5, 0.6) is 0 Å². The Hall–Kier alpha value is -2.72. The summed E-state index contributed by atoms with van der Waals surface area (Å²) in [4.78, 5) is 17.6. The number of aromatic nitrogens is 2. The zero-order chi connectivity index (χ0) is 16.7. The van der Waals surface area contributed by atoms with E-state index >= 15 is 0 Å². The number of benzene rings is 2. The topological polar surface area (TPSA) is 34.9 Å². The maximum Gasteiger partial charge on any atom is 0.275 e. The lowest BCUT2D eigenvalue weighted by Crippen LogP contribution is -2.19. The maximum absolute atomic E-state index is 13.0. The molecule has 24 heavy (non-hydrogen) atoms. The van der Waals surface area contributed by atoms with Crippen molar-refractivity contribution >= 4 is 21.6 Å². The zero-order valence-electron chi connectivity index (χ0n) is 13.5. The summed E-state index contributed by atoms with van der Waals surface area (Å²) in [5, 5.41) is 2.02. The number of rotatable bonds is 2. The second kappa shape index (κ2) is 5.73. The molecular weight excluding hydrogens is 316 g/mol. The van der Waals surface area contributed by atoms with Crippen molar-refractivity contribution in [2.45, 2.75) is 13.8 Å². The molecule has 0 saturated heterocycles. The summed E-state index contributed by atoms with van der Waals surface area (Å²) in [7, 11) is 0. The van der Waals surface area contributed by atoms with E-state index in [2.05, 4.69) is 4.98 Å². The second-order valence-electron chi connectivity index (χ2n) is 5.85. The van der Waals surface area contributed by atoms with Gasteiger partial charge in [0.1, 0.15) is 11.0 Å². The predicted molar refractivity (Wildman–Crippen MR) is 100 cm³/mol. The fourth-order valence-corrected chi connectivity index (χ4v) is 4.03. The molecule has 0 aliphatic rings. The molecule has 0 spiro atoms. The van der Waals surface area contributed by atoms with Gasteiger partial charge in [-0.05, 0) is 30.5 Å². The van der Waals surface area contributed by atoms with Gasteiger partial charge in [0.25, 0.3) is 5.56 Å². The molecule has 0 amide bonds. The van der Waals surface area contributed by atoms with Gasteiger partial charge in [0.15, 0.2) is 0 Å². The monoisotopic (exact) mass is 332 g/mol. The van der Waals surface area contributed by atoms with E-state index in [0.717, 1.165) is 33.5 Å². The lowest BCUT2D eigenvalue weighted by molar-refractivity contribution is 0.945. The Labute approximate surface area is 143 Å². The van der Waals surface area contributed by atoms with E-state index in [0.29, 0.717) is 4.70 Å². The number of para-hydroxylation sites is 1. The molecule has 0 aliphatic heterocycles. The molecule has 0 atom stereocenters. The molecular formula is C20H16N2OS. The van der Waals surface area contributed by atoms with Crippen LogP contribution in [-0.2, 0) is 0 Å². The Balaban J connectivity index is 1.97. The molecule has 4 rings (SSSR count). The Morgan fingerprint density at radius 2 is 1.67 bits per heavy atom. The Kier molecular flexibility index (Phi) is 3.54. The van der Waals surface area contributed by atoms with E-state index in [9.17, 15) is 4.79 Å². The van der Waals surface area contributed by atoms with E-state index in [-0.39, 0.29) is 5.56 Å². The van der Waals surface area contributed by atoms with Gasteiger partial charge < -0.3 is 0 Å². The Bertz CT molecular complexity index is 1070. The van der Waals surface area contributed by atoms with E-state index in [1.165, 1.54) is 11.3 Å². The van der Waals surface area contributed by atoms with Crippen molar-refractivity contribution in [3.63, 3.8) is 0 Å². The summed E-state index contributed by atoms with van der Waals surface area (Å²) < 4.78 is 2.36. The SMILES string of the molecule is Cc1cccc(C)c1-n1cnc2c(-c3ccccc3)csc2c1=O. The molecule has 0 bridgehead atoms. The largest absolute Gasteiger partial charge is 0.275 e. The number of aryl methyl sites for hydroxylation is 2. The van der Waals surface area contributed by atoms with Crippen LogP contribution in [0.15, 0.2) is 65.0 Å². The van der Waals surface area contributed by atoms with E-state index in [1.54, 1.807) is 10.9 Å². The molecule has 4 aromatic rings. The minimum Gasteiger partial charge on any atom is -0.267 e. The normalized spacial score (nSPS) is 11.1. The highest BCUT2D eigenvalue weighted by Gasteiger charge is 2.14. The first-order valence-electron chi connectivity index (χ1n) is 7.77. The maximum atomic E-state index is 13.0. The zero-order valence-corrected chi connectivity index (χ0v) is 14.3. The molecule has 0 fully saturated rings. The van der Waals surface area contributed by atoms with Crippen LogP contribution in [0, 0.1) is 13.8 Å². The summed E-state index contributed by atoms with van der Waals surface area (Å²) >= 11 is 1.46. The number of hydrogen-bond donors (Lipinski definition) is 0. The minimum absolute atomic E-state index is 0.00965. The number of nitrogens with zero attached hydrogens (tertiary/aromatic N) is 2. The van der Waals surface area contributed by atoms with Crippen molar-refractivity contribution in [1.82, 2.24) is 9.55 Å². The van der Waals surface area contributed by atoms with Crippen LogP contribution in [0.25, 0.3) is 27.0 Å². The van der Waals surface area contributed by atoms with Crippen molar-refractivity contribution in [2.24, 2.45) is 0 Å². The van der Waals surface area contributed by atoms with Crippen LogP contribution < -0.4 is 5.56 Å². The average molecular weight is 332 g/mol. The van der Waals surface area contributed by atoms with Crippen molar-refractivity contribution < 1.29 is 0 Å². The number of thiophene rings is 1. The van der Waals surface area contributed by atoms with Crippen LogP contribution in [0.4, 0.5) is 0 Å². The fraction of sp³-hybridized carbons (Fsp3) is 0.100. The van der Waals surface area contributed by atoms with E-state index < -0.39 is 0 Å². The Morgan fingerprint density at radius 3 is 2.38 bits per heavy atom. The van der Waals surface area contributed by atoms with Gasteiger partial charge in [-0.15, -0.1) is 11.3 Å². The van der Waals surface area contributed by atoms with Gasteiger partial charge in [-0.2, -0.15) is 0 Å². The van der Waals surface area contributed by atoms with E-state index in [1.807, 2.05) is 67.8 Å². The fourth-order valence-electron chi connectivity index (χ4n) is 3.08. The van der Waals surface area contributed by atoms with Crippen molar-refractivity contribution in [3.8, 4) is 16.8 Å². The van der Waals surface area contributed by atoms with Crippen molar-refractivity contribution in [2.75, 3.05) is 0 Å². The molecule has 118 valence electrons. The number of hydrogen-bond acceptors (Lipinski definition) is 3. The van der Waals surface area contributed by atoms with Gasteiger partial charge in [-0.3, -0.25) is 9.36 Å². The quantitative estimate of drug-likeness (QED) is 0.532. The third kappa shape index (κ3) is 2.27. The average Bonchev–Trinajstić information content (AvgIpc) is 3.02. The smallest absolute Gasteiger partial charge is 0.267 e. The van der Waals surface area contributed by atoms with Crippen LogP contribution in [0.2, 0.25) is 0 Å². The molecule has 2 aromatic heterocycles. The molecule has 0 radical (unpaired) electrons. The molecule has 2 heterocycles. The third-order valence-electron chi connectivity index (χ3n) is 4.25. The van der Waals surface area contributed by atoms with Crippen LogP contribution in [0.1, 0.15) is 11.1 Å². The molecule has 2 aromatic carbocycles. The summed E-state index contributed by atoms with van der Waals surface area (Å²) in [5.41, 5.74) is 5.92. The van der Waals surface area contributed by atoms with Gasteiger partial charge in [0, 0.05) is 10.9 Å².